The molecule has 2 heterocycles. The van der Waals surface area contributed by atoms with Crippen LogP contribution >= 0.6 is 0 Å². The van der Waals surface area contributed by atoms with Gasteiger partial charge in [0.25, 0.3) is 5.79 Å². The van der Waals surface area contributed by atoms with Gasteiger partial charge in [0.2, 0.25) is 0 Å². The Hall–Kier alpha value is -2.36. The number of rotatable bonds is 0. The van der Waals surface area contributed by atoms with Crippen LogP contribution in [0.15, 0.2) is 24.3 Å². The molecule has 4 rings (SSSR count). The van der Waals surface area contributed by atoms with E-state index in [-0.39, 0.29) is 22.3 Å². The van der Waals surface area contributed by atoms with Crippen LogP contribution in [0.2, 0.25) is 0 Å². The van der Waals surface area contributed by atoms with Gasteiger partial charge in [-0.15, -0.1) is 0 Å². The van der Waals surface area contributed by atoms with Crippen molar-refractivity contribution in [1.82, 2.24) is 0 Å². The van der Waals surface area contributed by atoms with Crippen molar-refractivity contribution < 1.29 is 19.7 Å². The molecule has 0 amide bonds. The third kappa shape index (κ3) is 2.57. The maximum absolute atomic E-state index is 10.2. The van der Waals surface area contributed by atoms with Crippen LogP contribution in [-0.4, -0.2) is 16.0 Å². The van der Waals surface area contributed by atoms with E-state index in [1.54, 1.807) is 12.1 Å². The molecule has 0 fully saturated rings. The van der Waals surface area contributed by atoms with Gasteiger partial charge in [0, 0.05) is 45.9 Å². The number of ether oxygens (including phenoxy) is 2. The van der Waals surface area contributed by atoms with Gasteiger partial charge in [0.05, 0.1) is 0 Å². The fourth-order valence-corrected chi connectivity index (χ4v) is 4.83. The lowest BCUT2D eigenvalue weighted by atomic mass is 9.68. The Morgan fingerprint density at radius 2 is 1.07 bits per heavy atom. The number of aromatic hydroxyl groups is 2. The predicted octanol–water partition coefficient (Wildman–Crippen LogP) is 5.23. The summed E-state index contributed by atoms with van der Waals surface area (Å²) >= 11 is 0. The molecular weight excluding hydrogens is 340 g/mol. The number of fused-ring (bicyclic) bond motifs is 2. The van der Waals surface area contributed by atoms with Gasteiger partial charge in [-0.05, 0) is 26.0 Å². The first kappa shape index (κ1) is 18.0. The summed E-state index contributed by atoms with van der Waals surface area (Å²) in [5, 5.41) is 20.4. The van der Waals surface area contributed by atoms with Gasteiger partial charge in [-0.25, -0.2) is 0 Å². The highest BCUT2D eigenvalue weighted by molar-refractivity contribution is 5.56. The Kier molecular flexibility index (Phi) is 3.56. The van der Waals surface area contributed by atoms with E-state index in [1.165, 1.54) is 0 Å². The Labute approximate surface area is 160 Å². The molecule has 0 radical (unpaired) electrons. The molecular formula is C23H28O4. The third-order valence-corrected chi connectivity index (χ3v) is 6.21. The molecule has 4 heteroatoms. The molecule has 27 heavy (non-hydrogen) atoms. The van der Waals surface area contributed by atoms with Crippen LogP contribution in [-0.2, 0) is 10.8 Å². The second kappa shape index (κ2) is 5.34. The summed E-state index contributed by atoms with van der Waals surface area (Å²) in [5.74, 6) is 1.04. The number of hydrogen-bond donors (Lipinski definition) is 2. The lowest BCUT2D eigenvalue weighted by Crippen LogP contribution is -2.56. The largest absolute Gasteiger partial charge is 0.508 e. The van der Waals surface area contributed by atoms with Gasteiger partial charge in [-0.1, -0.05) is 39.8 Å². The van der Waals surface area contributed by atoms with Crippen LogP contribution < -0.4 is 9.47 Å². The molecule has 2 aliphatic heterocycles. The van der Waals surface area contributed by atoms with E-state index in [4.69, 9.17) is 9.47 Å². The molecule has 2 aromatic rings. The minimum atomic E-state index is -0.843. The second-order valence-electron chi connectivity index (χ2n) is 9.41. The molecule has 0 aliphatic carbocycles. The van der Waals surface area contributed by atoms with Gasteiger partial charge in [0.1, 0.15) is 23.0 Å². The van der Waals surface area contributed by atoms with Gasteiger partial charge in [-0.3, -0.25) is 0 Å². The normalized spacial score (nSPS) is 21.0. The molecule has 1 spiro atoms. The highest BCUT2D eigenvalue weighted by Crippen LogP contribution is 2.56. The molecule has 0 aromatic heterocycles. The maximum atomic E-state index is 10.2. The Morgan fingerprint density at radius 3 is 1.44 bits per heavy atom. The first-order valence-corrected chi connectivity index (χ1v) is 9.50. The van der Waals surface area contributed by atoms with E-state index >= 15 is 0 Å². The van der Waals surface area contributed by atoms with E-state index in [0.29, 0.717) is 24.3 Å². The highest BCUT2D eigenvalue weighted by Gasteiger charge is 2.54. The predicted molar refractivity (Wildman–Crippen MR) is 105 cm³/mol. The standard InChI is InChI=1S/C23H28O4/c1-13-17(24)9-7-15-19(13)26-23(11-21(15,3)4)12-22(5,6)16-8-10-18(25)14(2)20(16)27-23/h7-10,24-25H,11-12H2,1-6H3. The second-order valence-corrected chi connectivity index (χ2v) is 9.41. The minimum absolute atomic E-state index is 0.176. The molecule has 144 valence electrons. The van der Waals surface area contributed by atoms with Crippen LogP contribution in [0, 0.1) is 13.8 Å². The minimum Gasteiger partial charge on any atom is -0.508 e. The number of benzene rings is 2. The molecule has 2 aromatic carbocycles. The smallest absolute Gasteiger partial charge is 0.253 e. The summed E-state index contributed by atoms with van der Waals surface area (Å²) in [4.78, 5) is 0. The van der Waals surface area contributed by atoms with Crippen LogP contribution in [0.1, 0.15) is 62.8 Å². The summed E-state index contributed by atoms with van der Waals surface area (Å²) in [6.45, 7) is 12.5. The quantitative estimate of drug-likeness (QED) is 0.668. The van der Waals surface area contributed by atoms with Gasteiger partial charge >= 0.3 is 0 Å². The number of phenols is 2. The van der Waals surface area contributed by atoms with Crippen LogP contribution in [0.25, 0.3) is 0 Å². The first-order chi connectivity index (χ1) is 12.5. The van der Waals surface area contributed by atoms with Crippen molar-refractivity contribution in [3.8, 4) is 23.0 Å². The van der Waals surface area contributed by atoms with E-state index < -0.39 is 5.79 Å². The van der Waals surface area contributed by atoms with E-state index in [0.717, 1.165) is 22.3 Å². The topological polar surface area (TPSA) is 58.9 Å². The summed E-state index contributed by atoms with van der Waals surface area (Å²) in [6.07, 6.45) is 1.38. The molecule has 4 nitrogen and oxygen atoms in total. The molecule has 2 N–H and O–H groups in total. The Morgan fingerprint density at radius 1 is 0.704 bits per heavy atom. The lowest BCUT2D eigenvalue weighted by molar-refractivity contribution is -0.167. The van der Waals surface area contributed by atoms with Crippen molar-refractivity contribution in [3.63, 3.8) is 0 Å². The lowest BCUT2D eigenvalue weighted by Gasteiger charge is -2.51. The van der Waals surface area contributed by atoms with Gasteiger partial charge in [0.15, 0.2) is 0 Å². The summed E-state index contributed by atoms with van der Waals surface area (Å²) in [5.41, 5.74) is 3.29. The maximum Gasteiger partial charge on any atom is 0.253 e. The van der Waals surface area contributed by atoms with Crippen molar-refractivity contribution in [2.24, 2.45) is 0 Å². The average Bonchev–Trinajstić information content (AvgIpc) is 2.54. The van der Waals surface area contributed by atoms with Crippen molar-refractivity contribution in [2.45, 2.75) is 71.0 Å². The zero-order chi connectivity index (χ0) is 19.8. The van der Waals surface area contributed by atoms with Gasteiger partial charge in [-0.2, -0.15) is 0 Å². The Balaban J connectivity index is 1.90. The zero-order valence-electron chi connectivity index (χ0n) is 16.9. The molecule has 0 bridgehead atoms. The molecule has 0 unspecified atom stereocenters. The highest BCUT2D eigenvalue weighted by atomic mass is 16.7. The van der Waals surface area contributed by atoms with E-state index in [2.05, 4.69) is 27.7 Å². The first-order valence-electron chi connectivity index (χ1n) is 9.50. The zero-order valence-corrected chi connectivity index (χ0v) is 16.9. The molecule has 0 saturated heterocycles. The monoisotopic (exact) mass is 368 g/mol. The van der Waals surface area contributed by atoms with Gasteiger partial charge < -0.3 is 19.7 Å². The fraction of sp³-hybridized carbons (Fsp3) is 0.478. The SMILES string of the molecule is Cc1c(O)ccc2c1OC1(CC2(C)C)CC(C)(C)c2ccc(O)c(C)c2O1. The molecule has 0 saturated carbocycles. The van der Waals surface area contributed by atoms with Crippen molar-refractivity contribution in [2.75, 3.05) is 0 Å². The van der Waals surface area contributed by atoms with Crippen LogP contribution in [0.5, 0.6) is 23.0 Å². The number of phenolic OH excluding ortho intramolecular Hbond substituents is 2. The Bertz CT molecular complexity index is 862. The van der Waals surface area contributed by atoms with Crippen LogP contribution in [0.3, 0.4) is 0 Å². The van der Waals surface area contributed by atoms with Crippen molar-refractivity contribution >= 4 is 0 Å². The van der Waals surface area contributed by atoms with Crippen molar-refractivity contribution in [3.05, 3.63) is 46.5 Å². The summed E-state index contributed by atoms with van der Waals surface area (Å²) in [6, 6.07) is 7.37. The number of hydrogen-bond acceptors (Lipinski definition) is 4. The molecule has 2 aliphatic rings. The third-order valence-electron chi connectivity index (χ3n) is 6.21. The summed E-state index contributed by atoms with van der Waals surface area (Å²) < 4.78 is 13.1. The van der Waals surface area contributed by atoms with E-state index in [1.807, 2.05) is 26.0 Å². The fourth-order valence-electron chi connectivity index (χ4n) is 4.83. The summed E-state index contributed by atoms with van der Waals surface area (Å²) in [7, 11) is 0. The molecule has 0 atom stereocenters. The van der Waals surface area contributed by atoms with Crippen LogP contribution in [0.4, 0.5) is 0 Å². The van der Waals surface area contributed by atoms with E-state index in [9.17, 15) is 10.2 Å². The van der Waals surface area contributed by atoms with Crippen molar-refractivity contribution in [1.29, 1.82) is 0 Å². The average molecular weight is 368 g/mol.